The van der Waals surface area contributed by atoms with E-state index in [9.17, 15) is 24.0 Å². The average molecular weight is 426 g/mol. The van der Waals surface area contributed by atoms with E-state index in [1.165, 1.54) is 6.92 Å². The highest BCUT2D eigenvalue weighted by Gasteiger charge is 2.46. The maximum atomic E-state index is 12.4. The maximum absolute atomic E-state index is 12.4. The van der Waals surface area contributed by atoms with Gasteiger partial charge in [-0.15, -0.1) is 0 Å². The van der Waals surface area contributed by atoms with E-state index in [2.05, 4.69) is 5.32 Å². The molecule has 1 heterocycles. The number of hydrogen-bond acceptors (Lipinski definition) is 6. The van der Waals surface area contributed by atoms with E-state index < -0.39 is 24.5 Å². The monoisotopic (exact) mass is 426 g/mol. The van der Waals surface area contributed by atoms with Gasteiger partial charge in [-0.3, -0.25) is 28.9 Å². The van der Waals surface area contributed by atoms with Crippen molar-refractivity contribution in [3.8, 4) is 0 Å². The van der Waals surface area contributed by atoms with E-state index in [0.29, 0.717) is 19.3 Å². The zero-order chi connectivity index (χ0) is 22.4. The fraction of sp³-hybridized carbons (Fsp3) is 0.435. The molecule has 3 atom stereocenters. The van der Waals surface area contributed by atoms with Crippen LogP contribution in [0, 0.1) is 11.8 Å². The number of fused-ring (bicyclic) bond motifs is 1. The van der Waals surface area contributed by atoms with Crippen molar-refractivity contribution in [2.75, 3.05) is 13.2 Å². The Bertz CT molecular complexity index is 869. The number of likely N-dealkylation sites (tertiary alicyclic amines) is 1. The van der Waals surface area contributed by atoms with Crippen LogP contribution in [0.1, 0.15) is 31.7 Å². The molecule has 164 valence electrons. The van der Waals surface area contributed by atoms with Crippen molar-refractivity contribution in [1.82, 2.24) is 10.2 Å². The minimum absolute atomic E-state index is 0.0603. The van der Waals surface area contributed by atoms with Gasteiger partial charge < -0.3 is 10.1 Å². The van der Waals surface area contributed by atoms with Gasteiger partial charge in [0.15, 0.2) is 12.4 Å². The van der Waals surface area contributed by atoms with Crippen molar-refractivity contribution < 1.29 is 28.7 Å². The molecular formula is C23H26N2O6. The third-order valence-corrected chi connectivity index (χ3v) is 5.61. The Hall–Kier alpha value is -3.29. The van der Waals surface area contributed by atoms with Gasteiger partial charge >= 0.3 is 5.97 Å². The smallest absolute Gasteiger partial charge is 0.308 e. The summed E-state index contributed by atoms with van der Waals surface area (Å²) in [7, 11) is 0. The quantitative estimate of drug-likeness (QED) is 0.361. The van der Waals surface area contributed by atoms with E-state index in [0.717, 1.165) is 10.5 Å². The molecule has 0 saturated carbocycles. The van der Waals surface area contributed by atoms with Crippen molar-refractivity contribution >= 4 is 29.5 Å². The number of carbonyl (C=O) groups is 5. The highest BCUT2D eigenvalue weighted by Crippen LogP contribution is 2.34. The number of amides is 3. The van der Waals surface area contributed by atoms with Crippen molar-refractivity contribution in [3.63, 3.8) is 0 Å². The molecule has 1 N–H and O–H groups in total. The van der Waals surface area contributed by atoms with Crippen LogP contribution in [0.2, 0.25) is 0 Å². The van der Waals surface area contributed by atoms with Crippen LogP contribution in [0.25, 0.3) is 0 Å². The fourth-order valence-electron chi connectivity index (χ4n) is 3.89. The minimum Gasteiger partial charge on any atom is -0.456 e. The molecule has 1 saturated heterocycles. The molecule has 0 spiro atoms. The number of carbonyl (C=O) groups excluding carboxylic acids is 5. The van der Waals surface area contributed by atoms with Gasteiger partial charge in [-0.05, 0) is 31.7 Å². The van der Waals surface area contributed by atoms with Gasteiger partial charge in [0, 0.05) is 6.54 Å². The van der Waals surface area contributed by atoms with Gasteiger partial charge in [-0.1, -0.05) is 42.5 Å². The molecule has 1 aliphatic heterocycles. The SMILES string of the molecule is CC(=O)[C@H](Cc1ccccc1)NC(=O)COC(=O)CCN1C(=O)[C@H]2CC=CC[C@@H]2C1=O. The van der Waals surface area contributed by atoms with Crippen LogP contribution in [-0.2, 0) is 35.1 Å². The third kappa shape index (κ3) is 5.65. The molecule has 31 heavy (non-hydrogen) atoms. The number of Topliss-reactive ketones (excluding diaryl/α,β-unsaturated/α-hetero) is 1. The molecule has 1 aromatic carbocycles. The van der Waals surface area contributed by atoms with E-state index >= 15 is 0 Å². The summed E-state index contributed by atoms with van der Waals surface area (Å²) in [5.41, 5.74) is 0.899. The van der Waals surface area contributed by atoms with Crippen molar-refractivity contribution in [2.24, 2.45) is 11.8 Å². The van der Waals surface area contributed by atoms with Crippen LogP contribution in [0.15, 0.2) is 42.5 Å². The molecule has 0 aromatic heterocycles. The first-order valence-electron chi connectivity index (χ1n) is 10.4. The second kappa shape index (κ2) is 10.1. The van der Waals surface area contributed by atoms with E-state index in [-0.39, 0.29) is 42.4 Å². The molecule has 0 bridgehead atoms. The van der Waals surface area contributed by atoms with Gasteiger partial charge in [0.25, 0.3) is 5.91 Å². The summed E-state index contributed by atoms with van der Waals surface area (Å²) in [5, 5.41) is 2.57. The number of ether oxygens (including phenoxy) is 1. The lowest BCUT2D eigenvalue weighted by molar-refractivity contribution is -0.150. The first kappa shape index (κ1) is 22.4. The molecule has 3 amide bonds. The Morgan fingerprint density at radius 3 is 2.26 bits per heavy atom. The standard InChI is InChI=1S/C23H26N2O6/c1-15(26)19(13-16-7-3-2-4-8-16)24-20(27)14-31-21(28)11-12-25-22(29)17-9-5-6-10-18(17)23(25)30/h2-8,17-19H,9-14H2,1H3,(H,24,27)/t17-,18-,19-/m0/s1. The largest absolute Gasteiger partial charge is 0.456 e. The number of hydrogen-bond donors (Lipinski definition) is 1. The predicted molar refractivity (Wildman–Crippen MR) is 110 cm³/mol. The van der Waals surface area contributed by atoms with E-state index in [1.54, 1.807) is 0 Å². The Labute approximate surface area is 180 Å². The Morgan fingerprint density at radius 1 is 1.06 bits per heavy atom. The summed E-state index contributed by atoms with van der Waals surface area (Å²) >= 11 is 0. The number of allylic oxidation sites excluding steroid dienone is 2. The second-order valence-electron chi connectivity index (χ2n) is 7.82. The summed E-state index contributed by atoms with van der Waals surface area (Å²) in [5.74, 6) is -2.67. The summed E-state index contributed by atoms with van der Waals surface area (Å²) in [6.07, 6.45) is 5.03. The summed E-state index contributed by atoms with van der Waals surface area (Å²) < 4.78 is 4.96. The molecule has 1 aromatic rings. The average Bonchev–Trinajstić information content (AvgIpc) is 3.01. The second-order valence-corrected chi connectivity index (χ2v) is 7.82. The van der Waals surface area contributed by atoms with Crippen LogP contribution in [-0.4, -0.2) is 53.6 Å². The van der Waals surface area contributed by atoms with Gasteiger partial charge in [0.2, 0.25) is 11.8 Å². The lowest BCUT2D eigenvalue weighted by Crippen LogP contribution is -2.43. The third-order valence-electron chi connectivity index (χ3n) is 5.61. The molecular weight excluding hydrogens is 400 g/mol. The lowest BCUT2D eigenvalue weighted by Gasteiger charge is -2.16. The maximum Gasteiger partial charge on any atom is 0.308 e. The van der Waals surface area contributed by atoms with Gasteiger partial charge in [-0.2, -0.15) is 0 Å². The van der Waals surface area contributed by atoms with Crippen molar-refractivity contribution in [2.45, 2.75) is 38.6 Å². The molecule has 0 radical (unpaired) electrons. The number of nitrogens with zero attached hydrogens (tertiary/aromatic N) is 1. The number of ketones is 1. The first-order valence-corrected chi connectivity index (χ1v) is 10.4. The molecule has 0 unspecified atom stereocenters. The zero-order valence-electron chi connectivity index (χ0n) is 17.4. The molecule has 3 rings (SSSR count). The summed E-state index contributed by atoms with van der Waals surface area (Å²) in [6.45, 7) is 0.792. The molecule has 1 aliphatic carbocycles. The number of esters is 1. The minimum atomic E-state index is -0.717. The Kier molecular flexibility index (Phi) is 7.33. The number of imide groups is 1. The van der Waals surface area contributed by atoms with Crippen LogP contribution < -0.4 is 5.32 Å². The van der Waals surface area contributed by atoms with E-state index in [1.807, 2.05) is 42.5 Å². The predicted octanol–water partition coefficient (Wildman–Crippen LogP) is 1.19. The lowest BCUT2D eigenvalue weighted by atomic mass is 9.85. The molecule has 1 fully saturated rings. The number of nitrogens with one attached hydrogen (secondary N) is 1. The van der Waals surface area contributed by atoms with Crippen molar-refractivity contribution in [3.05, 3.63) is 48.0 Å². The highest BCUT2D eigenvalue weighted by molar-refractivity contribution is 6.05. The number of rotatable bonds is 9. The van der Waals surface area contributed by atoms with Gasteiger partial charge in [-0.25, -0.2) is 0 Å². The van der Waals surface area contributed by atoms with Crippen LogP contribution in [0.4, 0.5) is 0 Å². The topological polar surface area (TPSA) is 110 Å². The zero-order valence-corrected chi connectivity index (χ0v) is 17.4. The van der Waals surface area contributed by atoms with Crippen molar-refractivity contribution in [1.29, 1.82) is 0 Å². The summed E-state index contributed by atoms with van der Waals surface area (Å²) in [4.78, 5) is 61.9. The Morgan fingerprint density at radius 2 is 1.68 bits per heavy atom. The highest BCUT2D eigenvalue weighted by atomic mass is 16.5. The number of benzene rings is 1. The first-order chi connectivity index (χ1) is 14.9. The summed E-state index contributed by atoms with van der Waals surface area (Å²) in [6, 6.07) is 8.54. The molecule has 8 nitrogen and oxygen atoms in total. The van der Waals surface area contributed by atoms with Gasteiger partial charge in [0.1, 0.15) is 0 Å². The van der Waals surface area contributed by atoms with Crippen LogP contribution >= 0.6 is 0 Å². The van der Waals surface area contributed by atoms with E-state index in [4.69, 9.17) is 4.74 Å². The van der Waals surface area contributed by atoms with Crippen LogP contribution in [0.3, 0.4) is 0 Å². The van der Waals surface area contributed by atoms with Gasteiger partial charge in [0.05, 0.1) is 24.3 Å². The Balaban J connectivity index is 1.42. The molecule has 8 heteroatoms. The normalized spacial score (nSPS) is 20.9. The fourth-order valence-corrected chi connectivity index (χ4v) is 3.89. The molecule has 2 aliphatic rings. The van der Waals surface area contributed by atoms with Crippen LogP contribution in [0.5, 0.6) is 0 Å².